The molecular weight excluding hydrogens is 324 g/mol. The van der Waals surface area contributed by atoms with Crippen molar-refractivity contribution in [3.05, 3.63) is 17.7 Å². The van der Waals surface area contributed by atoms with Gasteiger partial charge in [-0.15, -0.1) is 0 Å². The zero-order valence-corrected chi connectivity index (χ0v) is 16.6. The van der Waals surface area contributed by atoms with Crippen LogP contribution in [0.1, 0.15) is 38.2 Å². The SMILES string of the molecule is CCc1cc(N)c(OC)cc1N1CCC(N2CC3CCC2CN3C)CC1. The van der Waals surface area contributed by atoms with E-state index in [4.69, 9.17) is 10.5 Å². The highest BCUT2D eigenvalue weighted by Gasteiger charge is 2.40. The topological polar surface area (TPSA) is 45.0 Å². The Kier molecular flexibility index (Phi) is 5.02. The molecule has 4 heterocycles. The van der Waals surface area contributed by atoms with Crippen molar-refractivity contribution in [2.24, 2.45) is 0 Å². The summed E-state index contributed by atoms with van der Waals surface area (Å²) in [5.41, 5.74) is 9.51. The molecule has 4 aliphatic rings. The first-order valence-electron chi connectivity index (χ1n) is 10.3. The molecule has 0 radical (unpaired) electrons. The van der Waals surface area contributed by atoms with Crippen molar-refractivity contribution >= 4 is 11.4 Å². The summed E-state index contributed by atoms with van der Waals surface area (Å²) in [5.74, 6) is 0.802. The van der Waals surface area contributed by atoms with Gasteiger partial charge < -0.3 is 20.3 Å². The smallest absolute Gasteiger partial charge is 0.143 e. The number of piperidine rings is 3. The average molecular weight is 359 g/mol. The number of hydrogen-bond acceptors (Lipinski definition) is 5. The summed E-state index contributed by atoms with van der Waals surface area (Å²) in [7, 11) is 4.01. The number of benzene rings is 1. The van der Waals surface area contributed by atoms with E-state index in [9.17, 15) is 0 Å². The number of piperazine rings is 1. The van der Waals surface area contributed by atoms with Crippen LogP contribution in [-0.2, 0) is 6.42 Å². The van der Waals surface area contributed by atoms with Crippen LogP contribution in [0.25, 0.3) is 0 Å². The summed E-state index contributed by atoms with van der Waals surface area (Å²) >= 11 is 0. The Bertz CT molecular complexity index is 641. The summed E-state index contributed by atoms with van der Waals surface area (Å²) < 4.78 is 5.47. The number of aryl methyl sites for hydroxylation is 1. The van der Waals surface area contributed by atoms with Crippen LogP contribution in [0.5, 0.6) is 5.75 Å². The lowest BCUT2D eigenvalue weighted by Gasteiger charge is -2.54. The molecule has 4 aliphatic heterocycles. The molecule has 0 aliphatic carbocycles. The predicted molar refractivity (Wildman–Crippen MR) is 108 cm³/mol. The number of hydrogen-bond donors (Lipinski definition) is 1. The largest absolute Gasteiger partial charge is 0.495 e. The zero-order chi connectivity index (χ0) is 18.3. The number of nitrogens with zero attached hydrogens (tertiary/aromatic N) is 3. The van der Waals surface area contributed by atoms with E-state index >= 15 is 0 Å². The molecule has 0 aromatic heterocycles. The van der Waals surface area contributed by atoms with Crippen LogP contribution in [0.15, 0.2) is 12.1 Å². The Morgan fingerprint density at radius 1 is 1.04 bits per heavy atom. The Hall–Kier alpha value is -1.46. The minimum absolute atomic E-state index is 0.747. The maximum Gasteiger partial charge on any atom is 0.143 e. The van der Waals surface area contributed by atoms with E-state index in [0.29, 0.717) is 0 Å². The molecule has 2 N–H and O–H groups in total. The van der Waals surface area contributed by atoms with Crippen molar-refractivity contribution in [2.45, 2.75) is 57.2 Å². The van der Waals surface area contributed by atoms with Crippen molar-refractivity contribution in [1.29, 1.82) is 0 Å². The molecule has 0 amide bonds. The summed E-state index contributed by atoms with van der Waals surface area (Å²) in [6.45, 7) is 7.02. The highest BCUT2D eigenvalue weighted by molar-refractivity contribution is 5.67. The lowest BCUT2D eigenvalue weighted by molar-refractivity contribution is -0.0360. The van der Waals surface area contributed by atoms with Crippen LogP contribution in [0.2, 0.25) is 0 Å². The minimum Gasteiger partial charge on any atom is -0.495 e. The summed E-state index contributed by atoms with van der Waals surface area (Å²) in [4.78, 5) is 7.97. The van der Waals surface area contributed by atoms with Crippen LogP contribution < -0.4 is 15.4 Å². The number of methoxy groups -OCH3 is 1. The molecule has 26 heavy (non-hydrogen) atoms. The number of rotatable bonds is 4. The lowest BCUT2D eigenvalue weighted by atomic mass is 9.88. The fourth-order valence-electron chi connectivity index (χ4n) is 5.34. The maximum absolute atomic E-state index is 6.12. The number of nitrogens with two attached hydrogens (primary N) is 1. The first-order chi connectivity index (χ1) is 12.6. The van der Waals surface area contributed by atoms with E-state index < -0.39 is 0 Å². The Balaban J connectivity index is 1.44. The quantitative estimate of drug-likeness (QED) is 0.838. The van der Waals surface area contributed by atoms with Crippen LogP contribution in [0, 0.1) is 0 Å². The highest BCUT2D eigenvalue weighted by atomic mass is 16.5. The van der Waals surface area contributed by atoms with Gasteiger partial charge in [0.25, 0.3) is 0 Å². The molecule has 1 aromatic rings. The van der Waals surface area contributed by atoms with Crippen LogP contribution in [0.4, 0.5) is 11.4 Å². The number of likely N-dealkylation sites (N-methyl/N-ethyl adjacent to an activating group) is 1. The van der Waals surface area contributed by atoms with Gasteiger partial charge in [-0.25, -0.2) is 0 Å². The van der Waals surface area contributed by atoms with E-state index in [1.165, 1.54) is 50.0 Å². The third-order valence-corrected chi connectivity index (χ3v) is 6.93. The molecule has 5 nitrogen and oxygen atoms in total. The normalized spacial score (nSPS) is 27.9. The van der Waals surface area contributed by atoms with Crippen LogP contribution in [0.3, 0.4) is 0 Å². The van der Waals surface area contributed by atoms with Gasteiger partial charge in [0.1, 0.15) is 5.75 Å². The Morgan fingerprint density at radius 2 is 1.77 bits per heavy atom. The van der Waals surface area contributed by atoms with Gasteiger partial charge in [0.2, 0.25) is 0 Å². The van der Waals surface area contributed by atoms with Crippen molar-refractivity contribution in [2.75, 3.05) is 51.0 Å². The van der Waals surface area contributed by atoms with E-state index in [-0.39, 0.29) is 0 Å². The van der Waals surface area contributed by atoms with Gasteiger partial charge in [0.15, 0.2) is 0 Å². The van der Waals surface area contributed by atoms with E-state index in [0.717, 1.165) is 49.1 Å². The molecule has 2 unspecified atom stereocenters. The molecular formula is C21H34N4O. The van der Waals surface area contributed by atoms with Gasteiger partial charge in [0, 0.05) is 56.1 Å². The summed E-state index contributed by atoms with van der Waals surface area (Å²) in [6.07, 6.45) is 6.32. The maximum atomic E-state index is 6.12. The molecule has 5 rings (SSSR count). The van der Waals surface area contributed by atoms with Crippen molar-refractivity contribution < 1.29 is 4.74 Å². The minimum atomic E-state index is 0.747. The second-order valence-electron chi connectivity index (χ2n) is 8.32. The van der Waals surface area contributed by atoms with Crippen molar-refractivity contribution in [3.63, 3.8) is 0 Å². The molecule has 5 heteroatoms. The number of fused-ring (bicyclic) bond motifs is 3. The molecule has 1 aromatic carbocycles. The fraction of sp³-hybridized carbons (Fsp3) is 0.714. The number of anilines is 2. The molecule has 2 atom stereocenters. The van der Waals surface area contributed by atoms with Gasteiger partial charge in [0.05, 0.1) is 12.8 Å². The van der Waals surface area contributed by atoms with Crippen molar-refractivity contribution in [1.82, 2.24) is 9.80 Å². The highest BCUT2D eigenvalue weighted by Crippen LogP contribution is 2.36. The number of nitrogen functional groups attached to an aromatic ring is 1. The van der Waals surface area contributed by atoms with E-state index in [1.54, 1.807) is 7.11 Å². The summed E-state index contributed by atoms with van der Waals surface area (Å²) in [5, 5.41) is 0. The standard InChI is InChI=1S/C21H34N4O/c1-4-15-11-19(22)21(26-3)12-20(15)24-9-7-16(8-10-24)25-14-17-5-6-18(25)13-23(17)2/h11-12,16-18H,4-10,13-14,22H2,1-3H3. The summed E-state index contributed by atoms with van der Waals surface area (Å²) in [6, 6.07) is 6.57. The first-order valence-corrected chi connectivity index (χ1v) is 10.3. The van der Waals surface area contributed by atoms with E-state index in [1.807, 2.05) is 0 Å². The van der Waals surface area contributed by atoms with Gasteiger partial charge in [-0.3, -0.25) is 4.90 Å². The fourth-order valence-corrected chi connectivity index (χ4v) is 5.34. The lowest BCUT2D eigenvalue weighted by Crippen LogP contribution is -2.64. The Labute approximate surface area is 158 Å². The average Bonchev–Trinajstić information content (AvgIpc) is 2.68. The second kappa shape index (κ2) is 7.28. The molecule has 2 bridgehead atoms. The molecule has 0 spiro atoms. The van der Waals surface area contributed by atoms with Crippen molar-refractivity contribution in [3.8, 4) is 5.75 Å². The second-order valence-corrected chi connectivity index (χ2v) is 8.32. The third kappa shape index (κ3) is 3.16. The Morgan fingerprint density at radius 3 is 2.35 bits per heavy atom. The molecule has 4 fully saturated rings. The molecule has 0 saturated carbocycles. The third-order valence-electron chi connectivity index (χ3n) is 6.93. The van der Waals surface area contributed by atoms with Crippen LogP contribution in [-0.4, -0.2) is 68.3 Å². The van der Waals surface area contributed by atoms with Gasteiger partial charge in [-0.1, -0.05) is 6.92 Å². The van der Waals surface area contributed by atoms with Gasteiger partial charge in [-0.2, -0.15) is 0 Å². The predicted octanol–water partition coefficient (Wildman–Crippen LogP) is 2.59. The van der Waals surface area contributed by atoms with Crippen LogP contribution >= 0.6 is 0 Å². The van der Waals surface area contributed by atoms with Gasteiger partial charge >= 0.3 is 0 Å². The van der Waals surface area contributed by atoms with Gasteiger partial charge in [-0.05, 0) is 50.8 Å². The number of ether oxygens (including phenoxy) is 1. The molecule has 4 saturated heterocycles. The van der Waals surface area contributed by atoms with E-state index in [2.05, 4.69) is 40.8 Å². The molecule has 144 valence electrons. The first kappa shape index (κ1) is 17.9. The zero-order valence-electron chi connectivity index (χ0n) is 16.6. The monoisotopic (exact) mass is 358 g/mol.